The lowest BCUT2D eigenvalue weighted by atomic mass is 10.1. The first-order chi connectivity index (χ1) is 10.2. The van der Waals surface area contributed by atoms with Crippen LogP contribution in [-0.2, 0) is 4.79 Å². The van der Waals surface area contributed by atoms with E-state index in [-0.39, 0.29) is 11.9 Å². The summed E-state index contributed by atoms with van der Waals surface area (Å²) in [6, 6.07) is 10.6. The van der Waals surface area contributed by atoms with Gasteiger partial charge in [0.25, 0.3) is 0 Å². The minimum atomic E-state index is 0.276. The van der Waals surface area contributed by atoms with Crippen molar-refractivity contribution in [2.45, 2.75) is 26.3 Å². The Morgan fingerprint density at radius 2 is 1.86 bits per heavy atom. The number of nitrogens with zero attached hydrogens (tertiary/aromatic N) is 2. The van der Waals surface area contributed by atoms with Gasteiger partial charge < -0.3 is 15.1 Å². The highest BCUT2D eigenvalue weighted by molar-refractivity contribution is 5.76. The SMILES string of the molecule is CCN1CCN(C(=O)CCNC(C)c2ccccc2)CC1. The Kier molecular flexibility index (Phi) is 6.21. The van der Waals surface area contributed by atoms with Crippen molar-refractivity contribution in [1.29, 1.82) is 0 Å². The molecule has 1 aromatic carbocycles. The summed E-state index contributed by atoms with van der Waals surface area (Å²) in [5.41, 5.74) is 1.27. The lowest BCUT2D eigenvalue weighted by molar-refractivity contribution is -0.132. The molecule has 1 aliphatic heterocycles. The molecule has 1 N–H and O–H groups in total. The maximum Gasteiger partial charge on any atom is 0.223 e. The number of carbonyl (C=O) groups excluding carboxylic acids is 1. The molecule has 1 saturated heterocycles. The molecule has 1 aliphatic rings. The number of piperazine rings is 1. The molecule has 1 heterocycles. The summed E-state index contributed by atoms with van der Waals surface area (Å²) in [6.07, 6.45) is 0.587. The molecule has 4 nitrogen and oxygen atoms in total. The number of benzene rings is 1. The van der Waals surface area contributed by atoms with E-state index in [0.717, 1.165) is 39.3 Å². The predicted molar refractivity (Wildman–Crippen MR) is 86.2 cm³/mol. The Balaban J connectivity index is 1.68. The number of hydrogen-bond acceptors (Lipinski definition) is 3. The van der Waals surface area contributed by atoms with E-state index in [1.807, 2.05) is 23.1 Å². The van der Waals surface area contributed by atoms with Crippen LogP contribution in [0.5, 0.6) is 0 Å². The standard InChI is InChI=1S/C17H27N3O/c1-3-19-11-13-20(14-12-19)17(21)9-10-18-15(2)16-7-5-4-6-8-16/h4-8,15,18H,3,9-14H2,1-2H3. The topological polar surface area (TPSA) is 35.6 Å². The summed E-state index contributed by atoms with van der Waals surface area (Å²) in [5.74, 6) is 0.276. The zero-order valence-electron chi connectivity index (χ0n) is 13.2. The predicted octanol–water partition coefficient (Wildman–Crippen LogP) is 1.89. The van der Waals surface area contributed by atoms with E-state index in [2.05, 4.69) is 36.2 Å². The quantitative estimate of drug-likeness (QED) is 0.869. The second kappa shape index (κ2) is 8.15. The van der Waals surface area contributed by atoms with E-state index < -0.39 is 0 Å². The Bertz CT molecular complexity index is 427. The lowest BCUT2D eigenvalue weighted by Gasteiger charge is -2.34. The van der Waals surface area contributed by atoms with Crippen LogP contribution in [0.25, 0.3) is 0 Å². The van der Waals surface area contributed by atoms with Gasteiger partial charge in [-0.3, -0.25) is 4.79 Å². The highest BCUT2D eigenvalue weighted by Gasteiger charge is 2.19. The van der Waals surface area contributed by atoms with Crippen molar-refractivity contribution in [3.8, 4) is 0 Å². The molecule has 0 bridgehead atoms. The van der Waals surface area contributed by atoms with Crippen LogP contribution >= 0.6 is 0 Å². The second-order valence-electron chi connectivity index (χ2n) is 5.65. The summed E-state index contributed by atoms with van der Waals surface area (Å²) in [6.45, 7) is 9.90. The van der Waals surface area contributed by atoms with Crippen molar-refractivity contribution in [2.75, 3.05) is 39.3 Å². The Morgan fingerprint density at radius 3 is 2.48 bits per heavy atom. The Labute approximate surface area is 128 Å². The van der Waals surface area contributed by atoms with Crippen LogP contribution in [0.1, 0.15) is 31.9 Å². The van der Waals surface area contributed by atoms with Crippen molar-refractivity contribution < 1.29 is 4.79 Å². The molecule has 116 valence electrons. The molecule has 1 amide bonds. The number of amides is 1. The van der Waals surface area contributed by atoms with Gasteiger partial charge in [-0.25, -0.2) is 0 Å². The van der Waals surface area contributed by atoms with Crippen LogP contribution in [0, 0.1) is 0 Å². The zero-order chi connectivity index (χ0) is 15.1. The maximum atomic E-state index is 12.2. The number of nitrogens with one attached hydrogen (secondary N) is 1. The fraction of sp³-hybridized carbons (Fsp3) is 0.588. The van der Waals surface area contributed by atoms with Gasteiger partial charge in [-0.1, -0.05) is 37.3 Å². The molecule has 1 unspecified atom stereocenters. The number of rotatable bonds is 6. The van der Waals surface area contributed by atoms with Crippen LogP contribution in [0.3, 0.4) is 0 Å². The average molecular weight is 289 g/mol. The fourth-order valence-corrected chi connectivity index (χ4v) is 2.73. The zero-order valence-corrected chi connectivity index (χ0v) is 13.2. The first-order valence-corrected chi connectivity index (χ1v) is 7.99. The molecule has 1 aromatic rings. The largest absolute Gasteiger partial charge is 0.340 e. The molecule has 2 rings (SSSR count). The van der Waals surface area contributed by atoms with Crippen molar-refractivity contribution >= 4 is 5.91 Å². The molecular weight excluding hydrogens is 262 g/mol. The number of carbonyl (C=O) groups is 1. The molecule has 1 fully saturated rings. The van der Waals surface area contributed by atoms with Gasteiger partial charge in [0.2, 0.25) is 5.91 Å². The van der Waals surface area contributed by atoms with Gasteiger partial charge >= 0.3 is 0 Å². The van der Waals surface area contributed by atoms with E-state index in [1.165, 1.54) is 5.56 Å². The van der Waals surface area contributed by atoms with E-state index >= 15 is 0 Å². The second-order valence-corrected chi connectivity index (χ2v) is 5.65. The van der Waals surface area contributed by atoms with Crippen LogP contribution in [0.4, 0.5) is 0 Å². The third-order valence-electron chi connectivity index (χ3n) is 4.26. The van der Waals surface area contributed by atoms with Gasteiger partial charge in [0.15, 0.2) is 0 Å². The summed E-state index contributed by atoms with van der Waals surface area (Å²) in [7, 11) is 0. The summed E-state index contributed by atoms with van der Waals surface area (Å²) in [4.78, 5) is 16.6. The van der Waals surface area contributed by atoms with Gasteiger partial charge in [-0.2, -0.15) is 0 Å². The number of hydrogen-bond donors (Lipinski definition) is 1. The molecular formula is C17H27N3O. The third-order valence-corrected chi connectivity index (χ3v) is 4.26. The van der Waals surface area contributed by atoms with Crippen molar-refractivity contribution in [1.82, 2.24) is 15.1 Å². The van der Waals surface area contributed by atoms with Gasteiger partial charge in [0.05, 0.1) is 0 Å². The monoisotopic (exact) mass is 289 g/mol. The molecule has 0 aromatic heterocycles. The molecule has 0 aliphatic carbocycles. The van der Waals surface area contributed by atoms with Crippen molar-refractivity contribution in [3.05, 3.63) is 35.9 Å². The Morgan fingerprint density at radius 1 is 1.19 bits per heavy atom. The Hall–Kier alpha value is -1.39. The van der Waals surface area contributed by atoms with Crippen LogP contribution in [0.15, 0.2) is 30.3 Å². The molecule has 1 atom stereocenters. The highest BCUT2D eigenvalue weighted by atomic mass is 16.2. The lowest BCUT2D eigenvalue weighted by Crippen LogP contribution is -2.48. The molecule has 21 heavy (non-hydrogen) atoms. The van der Waals surface area contributed by atoms with Gasteiger partial charge in [0, 0.05) is 45.2 Å². The normalized spacial score (nSPS) is 17.7. The van der Waals surface area contributed by atoms with Gasteiger partial charge in [0.1, 0.15) is 0 Å². The average Bonchev–Trinajstić information content (AvgIpc) is 2.55. The molecule has 0 spiro atoms. The highest BCUT2D eigenvalue weighted by Crippen LogP contribution is 2.11. The number of likely N-dealkylation sites (N-methyl/N-ethyl adjacent to an activating group) is 1. The van der Waals surface area contributed by atoms with Crippen LogP contribution < -0.4 is 5.32 Å². The van der Waals surface area contributed by atoms with Crippen LogP contribution in [0.2, 0.25) is 0 Å². The van der Waals surface area contributed by atoms with Crippen molar-refractivity contribution in [2.24, 2.45) is 0 Å². The summed E-state index contributed by atoms with van der Waals surface area (Å²) in [5, 5.41) is 3.43. The third kappa shape index (κ3) is 4.83. The van der Waals surface area contributed by atoms with Crippen molar-refractivity contribution in [3.63, 3.8) is 0 Å². The van der Waals surface area contributed by atoms with E-state index in [0.29, 0.717) is 6.42 Å². The summed E-state index contributed by atoms with van der Waals surface area (Å²) >= 11 is 0. The minimum absolute atomic E-state index is 0.276. The minimum Gasteiger partial charge on any atom is -0.340 e. The first-order valence-electron chi connectivity index (χ1n) is 7.99. The van der Waals surface area contributed by atoms with E-state index in [1.54, 1.807) is 0 Å². The van der Waals surface area contributed by atoms with Gasteiger partial charge in [-0.05, 0) is 19.0 Å². The van der Waals surface area contributed by atoms with E-state index in [9.17, 15) is 4.79 Å². The molecule has 0 saturated carbocycles. The molecule has 4 heteroatoms. The molecule has 0 radical (unpaired) electrons. The van der Waals surface area contributed by atoms with Gasteiger partial charge in [-0.15, -0.1) is 0 Å². The maximum absolute atomic E-state index is 12.2. The first kappa shape index (κ1) is 16.0. The van der Waals surface area contributed by atoms with Crippen LogP contribution in [-0.4, -0.2) is 55.0 Å². The fourth-order valence-electron chi connectivity index (χ4n) is 2.73. The van der Waals surface area contributed by atoms with E-state index in [4.69, 9.17) is 0 Å². The summed E-state index contributed by atoms with van der Waals surface area (Å²) < 4.78 is 0. The smallest absolute Gasteiger partial charge is 0.223 e.